The van der Waals surface area contributed by atoms with E-state index < -0.39 is 0 Å². The fourth-order valence-corrected chi connectivity index (χ4v) is 3.07. The first kappa shape index (κ1) is 16.2. The van der Waals surface area contributed by atoms with E-state index in [2.05, 4.69) is 26.9 Å². The van der Waals surface area contributed by atoms with Crippen molar-refractivity contribution in [3.8, 4) is 11.8 Å². The molecule has 0 spiro atoms. The second-order valence-electron chi connectivity index (χ2n) is 6.43. The average Bonchev–Trinajstić information content (AvgIpc) is 3.03. The van der Waals surface area contributed by atoms with Gasteiger partial charge in [-0.25, -0.2) is 4.98 Å². The number of anilines is 1. The van der Waals surface area contributed by atoms with E-state index in [-0.39, 0.29) is 18.0 Å². The Morgan fingerprint density at radius 2 is 2.17 bits per heavy atom. The van der Waals surface area contributed by atoms with Gasteiger partial charge in [-0.3, -0.25) is 4.79 Å². The van der Waals surface area contributed by atoms with Gasteiger partial charge in [0.15, 0.2) is 6.61 Å². The molecule has 0 amide bonds. The van der Waals surface area contributed by atoms with Crippen molar-refractivity contribution in [2.75, 3.05) is 12.3 Å². The molecular weight excluding hydrogens is 306 g/mol. The predicted octanol–water partition coefficient (Wildman–Crippen LogP) is 1.88. The standard InChI is InChI=1S/C17H21N5O2/c1-12-13(14(18)22-16(21-12)19-11-20-22)7-6-10-24-15(23)17(2)8-4-3-5-9-17/h11H,3-5,8-10,18H2,1-2H3. The fourth-order valence-electron chi connectivity index (χ4n) is 3.07. The minimum absolute atomic E-state index is 0.0443. The first-order valence-corrected chi connectivity index (χ1v) is 8.13. The SMILES string of the molecule is Cc1nc2ncnn2c(N)c1C#CCOC(=O)C1(C)CCCCC1. The highest BCUT2D eigenvalue weighted by Crippen LogP contribution is 2.36. The van der Waals surface area contributed by atoms with E-state index in [0.717, 1.165) is 25.7 Å². The number of rotatable bonds is 2. The number of aromatic nitrogens is 4. The molecule has 1 fully saturated rings. The van der Waals surface area contributed by atoms with Crippen molar-refractivity contribution in [1.82, 2.24) is 19.6 Å². The van der Waals surface area contributed by atoms with Crippen LogP contribution in [0.2, 0.25) is 0 Å². The monoisotopic (exact) mass is 327 g/mol. The van der Waals surface area contributed by atoms with Crippen molar-refractivity contribution < 1.29 is 9.53 Å². The van der Waals surface area contributed by atoms with Gasteiger partial charge in [0.05, 0.1) is 16.7 Å². The summed E-state index contributed by atoms with van der Waals surface area (Å²) in [6, 6.07) is 0. The van der Waals surface area contributed by atoms with Crippen molar-refractivity contribution in [2.45, 2.75) is 46.0 Å². The quantitative estimate of drug-likeness (QED) is 0.668. The van der Waals surface area contributed by atoms with Crippen LogP contribution in [0.15, 0.2) is 6.33 Å². The summed E-state index contributed by atoms with van der Waals surface area (Å²) in [5.74, 6) is 6.44. The van der Waals surface area contributed by atoms with Crippen molar-refractivity contribution in [1.29, 1.82) is 0 Å². The number of nitrogens with two attached hydrogens (primary N) is 1. The van der Waals surface area contributed by atoms with Crippen LogP contribution in [0, 0.1) is 24.2 Å². The molecule has 0 unspecified atom stereocenters. The lowest BCUT2D eigenvalue weighted by Crippen LogP contribution is -2.32. The number of hydrogen-bond donors (Lipinski definition) is 1. The van der Waals surface area contributed by atoms with Gasteiger partial charge in [0, 0.05) is 0 Å². The Morgan fingerprint density at radius 1 is 1.42 bits per heavy atom. The zero-order valence-corrected chi connectivity index (χ0v) is 14.0. The van der Waals surface area contributed by atoms with E-state index in [1.807, 2.05) is 13.8 Å². The number of carbonyl (C=O) groups is 1. The normalized spacial score (nSPS) is 16.4. The van der Waals surface area contributed by atoms with Gasteiger partial charge in [0.2, 0.25) is 0 Å². The van der Waals surface area contributed by atoms with Crippen LogP contribution in [-0.4, -0.2) is 32.2 Å². The Hall–Kier alpha value is -2.62. The molecule has 7 heteroatoms. The summed E-state index contributed by atoms with van der Waals surface area (Å²) >= 11 is 0. The van der Waals surface area contributed by atoms with Crippen LogP contribution in [0.1, 0.15) is 50.3 Å². The van der Waals surface area contributed by atoms with E-state index in [4.69, 9.17) is 10.5 Å². The van der Waals surface area contributed by atoms with Gasteiger partial charge < -0.3 is 10.5 Å². The highest BCUT2D eigenvalue weighted by molar-refractivity contribution is 5.76. The molecule has 2 heterocycles. The summed E-state index contributed by atoms with van der Waals surface area (Å²) in [6.07, 6.45) is 6.52. The maximum Gasteiger partial charge on any atom is 0.312 e. The zero-order chi connectivity index (χ0) is 17.2. The van der Waals surface area contributed by atoms with Crippen molar-refractivity contribution in [3.63, 3.8) is 0 Å². The average molecular weight is 327 g/mol. The highest BCUT2D eigenvalue weighted by atomic mass is 16.5. The number of nitrogens with zero attached hydrogens (tertiary/aromatic N) is 4. The molecule has 2 aromatic heterocycles. The van der Waals surface area contributed by atoms with E-state index in [1.165, 1.54) is 17.3 Å². The number of carbonyl (C=O) groups excluding carboxylic acids is 1. The molecular formula is C17H21N5O2. The van der Waals surface area contributed by atoms with E-state index in [9.17, 15) is 4.79 Å². The molecule has 7 nitrogen and oxygen atoms in total. The van der Waals surface area contributed by atoms with Crippen LogP contribution >= 0.6 is 0 Å². The second kappa shape index (κ2) is 6.48. The summed E-state index contributed by atoms with van der Waals surface area (Å²) < 4.78 is 6.79. The number of nitrogen functional groups attached to an aromatic ring is 1. The lowest BCUT2D eigenvalue weighted by Gasteiger charge is -2.30. The van der Waals surface area contributed by atoms with Crippen molar-refractivity contribution in [3.05, 3.63) is 17.6 Å². The lowest BCUT2D eigenvalue weighted by molar-refractivity contribution is -0.155. The van der Waals surface area contributed by atoms with Crippen LogP contribution in [0.4, 0.5) is 5.82 Å². The molecule has 126 valence electrons. The first-order chi connectivity index (χ1) is 11.5. The van der Waals surface area contributed by atoms with Crippen molar-refractivity contribution >= 4 is 17.6 Å². The zero-order valence-electron chi connectivity index (χ0n) is 14.0. The molecule has 2 aromatic rings. The molecule has 0 saturated heterocycles. The molecule has 0 radical (unpaired) electrons. The molecule has 0 bridgehead atoms. The third-order valence-electron chi connectivity index (χ3n) is 4.58. The van der Waals surface area contributed by atoms with Crippen LogP contribution in [0.3, 0.4) is 0 Å². The third kappa shape index (κ3) is 3.04. The van der Waals surface area contributed by atoms with Gasteiger partial charge in [-0.15, -0.1) is 0 Å². The fraction of sp³-hybridized carbons (Fsp3) is 0.529. The van der Waals surface area contributed by atoms with Gasteiger partial charge in [0.25, 0.3) is 5.78 Å². The minimum Gasteiger partial charge on any atom is -0.452 e. The number of esters is 1. The molecule has 1 saturated carbocycles. The lowest BCUT2D eigenvalue weighted by atomic mass is 9.76. The second-order valence-corrected chi connectivity index (χ2v) is 6.43. The van der Waals surface area contributed by atoms with E-state index >= 15 is 0 Å². The highest BCUT2D eigenvalue weighted by Gasteiger charge is 2.35. The molecule has 1 aliphatic carbocycles. The molecule has 0 aromatic carbocycles. The minimum atomic E-state index is -0.365. The Kier molecular flexibility index (Phi) is 4.38. The molecule has 3 rings (SSSR count). The maximum atomic E-state index is 12.3. The van der Waals surface area contributed by atoms with Gasteiger partial charge in [-0.2, -0.15) is 14.6 Å². The molecule has 0 aliphatic heterocycles. The van der Waals surface area contributed by atoms with Gasteiger partial charge >= 0.3 is 5.97 Å². The topological polar surface area (TPSA) is 95.4 Å². The van der Waals surface area contributed by atoms with E-state index in [1.54, 1.807) is 0 Å². The van der Waals surface area contributed by atoms with Gasteiger partial charge in [-0.1, -0.05) is 31.1 Å². The van der Waals surface area contributed by atoms with Crippen LogP contribution < -0.4 is 5.73 Å². The number of hydrogen-bond acceptors (Lipinski definition) is 6. The number of aryl methyl sites for hydroxylation is 1. The van der Waals surface area contributed by atoms with Crippen LogP contribution in [-0.2, 0) is 9.53 Å². The van der Waals surface area contributed by atoms with Gasteiger partial charge in [-0.05, 0) is 26.7 Å². The molecule has 2 N–H and O–H groups in total. The Bertz CT molecular complexity index is 825. The Morgan fingerprint density at radius 3 is 2.92 bits per heavy atom. The summed E-state index contributed by atoms with van der Waals surface area (Å²) in [7, 11) is 0. The number of fused-ring (bicyclic) bond motifs is 1. The molecule has 1 aliphatic rings. The van der Waals surface area contributed by atoms with E-state index in [0.29, 0.717) is 22.9 Å². The largest absolute Gasteiger partial charge is 0.452 e. The smallest absolute Gasteiger partial charge is 0.312 e. The summed E-state index contributed by atoms with van der Waals surface area (Å²) in [5.41, 5.74) is 6.94. The van der Waals surface area contributed by atoms with Crippen molar-refractivity contribution in [2.24, 2.45) is 5.41 Å². The number of ether oxygens (including phenoxy) is 1. The van der Waals surface area contributed by atoms with Gasteiger partial charge in [0.1, 0.15) is 12.1 Å². The van der Waals surface area contributed by atoms with Crippen LogP contribution in [0.5, 0.6) is 0 Å². The molecule has 0 atom stereocenters. The first-order valence-electron chi connectivity index (χ1n) is 8.13. The van der Waals surface area contributed by atoms with Crippen LogP contribution in [0.25, 0.3) is 5.78 Å². The third-order valence-corrected chi connectivity index (χ3v) is 4.58. The maximum absolute atomic E-state index is 12.3. The Labute approximate surface area is 140 Å². The summed E-state index contributed by atoms with van der Waals surface area (Å²) in [5, 5.41) is 4.01. The molecule has 24 heavy (non-hydrogen) atoms. The Balaban J connectivity index is 1.69. The summed E-state index contributed by atoms with van der Waals surface area (Å²) in [4.78, 5) is 20.6. The summed E-state index contributed by atoms with van der Waals surface area (Å²) in [6.45, 7) is 3.83. The predicted molar refractivity (Wildman–Crippen MR) is 89.0 cm³/mol.